The van der Waals surface area contributed by atoms with Gasteiger partial charge >= 0.3 is 0 Å². The smallest absolute Gasteiger partial charge is 0.131 e. The molecule has 3 heteroatoms. The average molecular weight is 340 g/mol. The first-order valence-corrected chi connectivity index (χ1v) is 8.61. The second kappa shape index (κ2) is 6.89. The van der Waals surface area contributed by atoms with E-state index in [1.54, 1.807) is 7.11 Å². The highest BCUT2D eigenvalue weighted by Crippen LogP contribution is 2.32. The summed E-state index contributed by atoms with van der Waals surface area (Å²) in [5.41, 5.74) is 5.51. The maximum Gasteiger partial charge on any atom is 0.131 e. The van der Waals surface area contributed by atoms with Crippen LogP contribution in [0.3, 0.4) is 0 Å². The van der Waals surface area contributed by atoms with Gasteiger partial charge in [-0.25, -0.2) is 4.98 Å². The highest BCUT2D eigenvalue weighted by Gasteiger charge is 2.09. The number of nitrogens with one attached hydrogen (secondary N) is 1. The lowest BCUT2D eigenvalue weighted by Crippen LogP contribution is -1.96. The number of methoxy groups -OCH3 is 1. The Balaban J connectivity index is 1.86. The number of hydrogen-bond acceptors (Lipinski definition) is 3. The lowest BCUT2D eigenvalue weighted by atomic mass is 9.99. The van der Waals surface area contributed by atoms with Crippen molar-refractivity contribution in [3.05, 3.63) is 84.4 Å². The van der Waals surface area contributed by atoms with Crippen LogP contribution in [0.1, 0.15) is 5.56 Å². The molecule has 0 saturated heterocycles. The first-order chi connectivity index (χ1) is 12.7. The van der Waals surface area contributed by atoms with Crippen molar-refractivity contribution >= 4 is 22.4 Å². The van der Waals surface area contributed by atoms with E-state index in [1.165, 1.54) is 5.56 Å². The van der Waals surface area contributed by atoms with Crippen LogP contribution < -0.4 is 10.1 Å². The number of pyridine rings is 1. The van der Waals surface area contributed by atoms with Crippen molar-refractivity contribution in [3.8, 4) is 16.9 Å². The van der Waals surface area contributed by atoms with Gasteiger partial charge in [-0.05, 0) is 60.5 Å². The van der Waals surface area contributed by atoms with Crippen molar-refractivity contribution in [2.24, 2.45) is 0 Å². The fraction of sp³-hybridized carbons (Fsp3) is 0.0870. The SMILES string of the molecule is COc1ccc(-c2cc(Nc3ccccc3)nc3ccc(C)cc23)cc1. The molecule has 1 aromatic heterocycles. The fourth-order valence-electron chi connectivity index (χ4n) is 3.08. The number of rotatable bonds is 4. The molecule has 0 aliphatic carbocycles. The van der Waals surface area contributed by atoms with Gasteiger partial charge in [0.1, 0.15) is 11.6 Å². The molecule has 0 fully saturated rings. The molecule has 4 rings (SSSR count). The van der Waals surface area contributed by atoms with Crippen molar-refractivity contribution < 1.29 is 4.74 Å². The summed E-state index contributed by atoms with van der Waals surface area (Å²) in [5, 5.41) is 4.55. The van der Waals surface area contributed by atoms with Crippen molar-refractivity contribution in [1.82, 2.24) is 4.98 Å². The molecular formula is C23H20N2O. The standard InChI is InChI=1S/C23H20N2O/c1-16-8-13-22-21(14-16)20(17-9-11-19(26-2)12-10-17)15-23(25-22)24-18-6-4-3-5-7-18/h3-15H,1-2H3,(H,24,25). The van der Waals surface area contributed by atoms with Crippen LogP contribution in [0.15, 0.2) is 78.9 Å². The van der Waals surface area contributed by atoms with Crippen LogP contribution in [-0.2, 0) is 0 Å². The molecule has 3 aromatic carbocycles. The number of nitrogens with zero attached hydrogens (tertiary/aromatic N) is 1. The zero-order chi connectivity index (χ0) is 17.9. The van der Waals surface area contributed by atoms with E-state index in [4.69, 9.17) is 9.72 Å². The van der Waals surface area contributed by atoms with E-state index in [0.29, 0.717) is 0 Å². The van der Waals surface area contributed by atoms with Gasteiger partial charge in [-0.3, -0.25) is 0 Å². The quantitative estimate of drug-likeness (QED) is 0.497. The maximum atomic E-state index is 5.29. The predicted molar refractivity (Wildman–Crippen MR) is 108 cm³/mol. The third kappa shape index (κ3) is 3.24. The molecule has 0 spiro atoms. The van der Waals surface area contributed by atoms with Crippen LogP contribution in [-0.4, -0.2) is 12.1 Å². The Labute approximate surface area is 153 Å². The summed E-state index contributed by atoms with van der Waals surface area (Å²) < 4.78 is 5.29. The maximum absolute atomic E-state index is 5.29. The summed E-state index contributed by atoms with van der Waals surface area (Å²) in [5.74, 6) is 1.68. The monoisotopic (exact) mass is 340 g/mol. The molecule has 0 aliphatic heterocycles. The van der Waals surface area contributed by atoms with Crippen LogP contribution in [0.25, 0.3) is 22.0 Å². The van der Waals surface area contributed by atoms with Crippen LogP contribution >= 0.6 is 0 Å². The van der Waals surface area contributed by atoms with Crippen molar-refractivity contribution in [1.29, 1.82) is 0 Å². The highest BCUT2D eigenvalue weighted by molar-refractivity contribution is 5.96. The molecule has 1 heterocycles. The van der Waals surface area contributed by atoms with Gasteiger partial charge in [0.05, 0.1) is 12.6 Å². The van der Waals surface area contributed by atoms with Gasteiger partial charge in [-0.2, -0.15) is 0 Å². The first-order valence-electron chi connectivity index (χ1n) is 8.61. The number of ether oxygens (including phenoxy) is 1. The Morgan fingerprint density at radius 2 is 1.62 bits per heavy atom. The van der Waals surface area contributed by atoms with Crippen molar-refractivity contribution in [2.75, 3.05) is 12.4 Å². The van der Waals surface area contributed by atoms with E-state index in [2.05, 4.69) is 48.6 Å². The van der Waals surface area contributed by atoms with Gasteiger partial charge < -0.3 is 10.1 Å². The summed E-state index contributed by atoms with van der Waals surface area (Å²) in [4.78, 5) is 4.80. The third-order valence-corrected chi connectivity index (χ3v) is 4.41. The van der Waals surface area contributed by atoms with Gasteiger partial charge in [0.15, 0.2) is 0 Å². The average Bonchev–Trinajstić information content (AvgIpc) is 2.68. The molecular weight excluding hydrogens is 320 g/mol. The molecule has 0 unspecified atom stereocenters. The molecule has 0 amide bonds. The van der Waals surface area contributed by atoms with Crippen LogP contribution in [0.4, 0.5) is 11.5 Å². The molecule has 128 valence electrons. The van der Waals surface area contributed by atoms with Gasteiger partial charge in [0, 0.05) is 11.1 Å². The summed E-state index contributed by atoms with van der Waals surface area (Å²) in [6, 6.07) is 26.7. The van der Waals surface area contributed by atoms with E-state index in [-0.39, 0.29) is 0 Å². The largest absolute Gasteiger partial charge is 0.497 e. The number of fused-ring (bicyclic) bond motifs is 1. The third-order valence-electron chi connectivity index (χ3n) is 4.41. The minimum absolute atomic E-state index is 0.832. The van der Waals surface area contributed by atoms with E-state index in [9.17, 15) is 0 Å². The number of aromatic nitrogens is 1. The van der Waals surface area contributed by atoms with Crippen molar-refractivity contribution in [3.63, 3.8) is 0 Å². The van der Waals surface area contributed by atoms with Gasteiger partial charge in [0.2, 0.25) is 0 Å². The van der Waals surface area contributed by atoms with Gasteiger partial charge in [-0.15, -0.1) is 0 Å². The summed E-state index contributed by atoms with van der Waals surface area (Å²) in [6.07, 6.45) is 0. The Kier molecular flexibility index (Phi) is 4.28. The zero-order valence-electron chi connectivity index (χ0n) is 14.9. The summed E-state index contributed by atoms with van der Waals surface area (Å²) in [6.45, 7) is 2.10. The number of hydrogen-bond donors (Lipinski definition) is 1. The highest BCUT2D eigenvalue weighted by atomic mass is 16.5. The van der Waals surface area contributed by atoms with E-state index >= 15 is 0 Å². The molecule has 4 aromatic rings. The van der Waals surface area contributed by atoms with E-state index < -0.39 is 0 Å². The molecule has 0 atom stereocenters. The molecule has 0 saturated carbocycles. The minimum Gasteiger partial charge on any atom is -0.497 e. The Morgan fingerprint density at radius 1 is 0.846 bits per heavy atom. The molecule has 26 heavy (non-hydrogen) atoms. The Hall–Kier alpha value is -3.33. The molecule has 1 N–H and O–H groups in total. The topological polar surface area (TPSA) is 34.1 Å². The minimum atomic E-state index is 0.832. The normalized spacial score (nSPS) is 10.7. The van der Waals surface area contributed by atoms with Gasteiger partial charge in [0.25, 0.3) is 0 Å². The molecule has 0 aliphatic rings. The lowest BCUT2D eigenvalue weighted by Gasteiger charge is -2.13. The summed E-state index contributed by atoms with van der Waals surface area (Å²) in [7, 11) is 1.68. The van der Waals surface area contributed by atoms with Crippen LogP contribution in [0, 0.1) is 6.92 Å². The Bertz CT molecular complexity index is 1040. The van der Waals surface area contributed by atoms with Crippen LogP contribution in [0.2, 0.25) is 0 Å². The number of benzene rings is 3. The summed E-state index contributed by atoms with van der Waals surface area (Å²) >= 11 is 0. The van der Waals surface area contributed by atoms with E-state index in [0.717, 1.165) is 39.3 Å². The number of para-hydroxylation sites is 1. The number of aryl methyl sites for hydroxylation is 1. The predicted octanol–water partition coefficient (Wildman–Crippen LogP) is 5.96. The zero-order valence-corrected chi connectivity index (χ0v) is 14.9. The van der Waals surface area contributed by atoms with Crippen LogP contribution in [0.5, 0.6) is 5.75 Å². The molecule has 0 bridgehead atoms. The second-order valence-corrected chi connectivity index (χ2v) is 6.30. The number of anilines is 2. The van der Waals surface area contributed by atoms with Gasteiger partial charge in [-0.1, -0.05) is 42.0 Å². The van der Waals surface area contributed by atoms with Crippen molar-refractivity contribution in [2.45, 2.75) is 6.92 Å². The first kappa shape index (κ1) is 16.2. The lowest BCUT2D eigenvalue weighted by molar-refractivity contribution is 0.415. The second-order valence-electron chi connectivity index (χ2n) is 6.30. The fourth-order valence-corrected chi connectivity index (χ4v) is 3.08. The molecule has 0 radical (unpaired) electrons. The Morgan fingerprint density at radius 3 is 2.35 bits per heavy atom. The molecule has 3 nitrogen and oxygen atoms in total. The van der Waals surface area contributed by atoms with E-state index in [1.807, 2.05) is 42.5 Å².